The molecular formula is C18H10F4N4. The zero-order valence-electron chi connectivity index (χ0n) is 13.1. The fourth-order valence-electron chi connectivity index (χ4n) is 2.68. The molecule has 0 atom stereocenters. The van der Waals surface area contributed by atoms with Gasteiger partial charge >= 0.3 is 0 Å². The minimum atomic E-state index is -0.806. The normalized spacial score (nSPS) is 11.2. The highest BCUT2D eigenvalue weighted by molar-refractivity contribution is 5.64. The van der Waals surface area contributed by atoms with Crippen LogP contribution >= 0.6 is 0 Å². The molecule has 0 aromatic heterocycles. The molecule has 0 aliphatic carbocycles. The third kappa shape index (κ3) is 2.69. The second kappa shape index (κ2) is 6.21. The Bertz CT molecular complexity index is 1040. The largest absolute Gasteiger partial charge is 0.310 e. The summed E-state index contributed by atoms with van der Waals surface area (Å²) in [6.45, 7) is -0.194. The highest BCUT2D eigenvalue weighted by Crippen LogP contribution is 2.28. The number of hydrogen-bond donors (Lipinski definition) is 0. The van der Waals surface area contributed by atoms with Crippen LogP contribution in [0.3, 0.4) is 0 Å². The van der Waals surface area contributed by atoms with Gasteiger partial charge in [0.1, 0.15) is 29.0 Å². The molecule has 2 heterocycles. The molecule has 8 heteroatoms. The molecule has 0 N–H and O–H groups in total. The van der Waals surface area contributed by atoms with E-state index in [-0.39, 0.29) is 35.0 Å². The van der Waals surface area contributed by atoms with Crippen LogP contribution in [-0.4, -0.2) is 19.5 Å². The molecule has 130 valence electrons. The highest BCUT2D eigenvalue weighted by atomic mass is 19.1. The minimum absolute atomic E-state index is 0.161. The van der Waals surface area contributed by atoms with Crippen LogP contribution in [0, 0.1) is 23.3 Å². The van der Waals surface area contributed by atoms with Crippen LogP contribution in [0.25, 0.3) is 22.9 Å². The predicted octanol–water partition coefficient (Wildman–Crippen LogP) is 4.05. The summed E-state index contributed by atoms with van der Waals surface area (Å²) in [5.41, 5.74) is -0.289. The van der Waals surface area contributed by atoms with Gasteiger partial charge in [-0.15, -0.1) is 0 Å². The number of imidazole rings is 1. The van der Waals surface area contributed by atoms with E-state index in [1.807, 2.05) is 0 Å². The van der Waals surface area contributed by atoms with Gasteiger partial charge in [-0.25, -0.2) is 32.5 Å². The number of hydrogen-bond acceptors (Lipinski definition) is 3. The Labute approximate surface area is 145 Å². The summed E-state index contributed by atoms with van der Waals surface area (Å²) in [6, 6.07) is 6.98. The fourth-order valence-corrected chi connectivity index (χ4v) is 2.68. The summed E-state index contributed by atoms with van der Waals surface area (Å²) >= 11 is 0. The molecule has 0 amide bonds. The Morgan fingerprint density at radius 3 is 2.08 bits per heavy atom. The lowest BCUT2D eigenvalue weighted by atomic mass is 10.2. The van der Waals surface area contributed by atoms with Gasteiger partial charge < -0.3 is 4.57 Å². The average molecular weight is 358 g/mol. The van der Waals surface area contributed by atoms with Crippen LogP contribution < -0.4 is 0 Å². The maximum Gasteiger partial charge on any atom is 0.168 e. The topological polar surface area (TPSA) is 43.6 Å². The molecule has 0 saturated carbocycles. The molecular weight excluding hydrogens is 348 g/mol. The number of fused-ring (bicyclic) bond motifs is 1. The first kappa shape index (κ1) is 16.2. The van der Waals surface area contributed by atoms with Crippen molar-refractivity contribution in [3.8, 4) is 22.9 Å². The third-order valence-corrected chi connectivity index (χ3v) is 3.92. The van der Waals surface area contributed by atoms with Gasteiger partial charge in [0.05, 0.1) is 24.6 Å². The molecule has 26 heavy (non-hydrogen) atoms. The van der Waals surface area contributed by atoms with E-state index in [4.69, 9.17) is 0 Å². The molecule has 4 rings (SSSR count). The van der Waals surface area contributed by atoms with Crippen molar-refractivity contribution in [1.29, 1.82) is 0 Å². The standard InChI is InChI=1S/C18H10F4N4/c19-11-3-1-4-12(20)10(11)8-26-9-23-7-15-18(26)25-17(24-15)16-13(21)5-2-6-14(16)22/h1-7,9H,8H2. The van der Waals surface area contributed by atoms with Crippen molar-refractivity contribution >= 4 is 0 Å². The molecule has 0 saturated heterocycles. The lowest BCUT2D eigenvalue weighted by Gasteiger charge is -2.10. The van der Waals surface area contributed by atoms with Crippen LogP contribution in [0.1, 0.15) is 5.56 Å². The smallest absolute Gasteiger partial charge is 0.168 e. The molecule has 0 fully saturated rings. The van der Waals surface area contributed by atoms with E-state index in [9.17, 15) is 17.6 Å². The number of aromatic nitrogens is 4. The minimum Gasteiger partial charge on any atom is -0.310 e. The lowest BCUT2D eigenvalue weighted by Crippen LogP contribution is -2.09. The molecule has 2 aromatic carbocycles. The van der Waals surface area contributed by atoms with E-state index in [1.165, 1.54) is 29.2 Å². The van der Waals surface area contributed by atoms with Crippen molar-refractivity contribution in [3.05, 3.63) is 77.8 Å². The van der Waals surface area contributed by atoms with Crippen LogP contribution in [0.2, 0.25) is 0 Å². The van der Waals surface area contributed by atoms with Gasteiger partial charge in [0.15, 0.2) is 11.6 Å². The summed E-state index contributed by atoms with van der Waals surface area (Å²) in [4.78, 5) is 12.2. The van der Waals surface area contributed by atoms with Crippen molar-refractivity contribution in [3.63, 3.8) is 0 Å². The number of halogens is 4. The van der Waals surface area contributed by atoms with Crippen LogP contribution in [-0.2, 0) is 6.54 Å². The first-order valence-electron chi connectivity index (χ1n) is 7.60. The monoisotopic (exact) mass is 358 g/mol. The number of rotatable bonds is 3. The molecule has 0 unspecified atom stereocenters. The van der Waals surface area contributed by atoms with Crippen molar-refractivity contribution in [2.75, 3.05) is 0 Å². The molecule has 0 radical (unpaired) electrons. The van der Waals surface area contributed by atoms with E-state index in [2.05, 4.69) is 15.0 Å². The lowest BCUT2D eigenvalue weighted by molar-refractivity contribution is 0.543. The SMILES string of the molecule is Fc1cccc(F)c1Cn1cncc2nc(-c3c(F)cccc3F)nc1-2. The first-order valence-corrected chi connectivity index (χ1v) is 7.60. The quantitative estimate of drug-likeness (QED) is 0.519. The Morgan fingerprint density at radius 1 is 0.808 bits per heavy atom. The molecule has 2 aliphatic rings. The zero-order valence-corrected chi connectivity index (χ0v) is 13.1. The third-order valence-electron chi connectivity index (χ3n) is 3.92. The zero-order chi connectivity index (χ0) is 18.3. The Morgan fingerprint density at radius 2 is 1.42 bits per heavy atom. The molecule has 2 aliphatic heterocycles. The van der Waals surface area contributed by atoms with Gasteiger partial charge in [0, 0.05) is 5.56 Å². The van der Waals surface area contributed by atoms with E-state index < -0.39 is 23.3 Å². The summed E-state index contributed by atoms with van der Waals surface area (Å²) in [7, 11) is 0. The molecule has 2 aromatic rings. The Hall–Kier alpha value is -3.29. The van der Waals surface area contributed by atoms with Gasteiger partial charge in [-0.1, -0.05) is 12.1 Å². The Balaban J connectivity index is 1.83. The predicted molar refractivity (Wildman–Crippen MR) is 85.3 cm³/mol. The van der Waals surface area contributed by atoms with Crippen LogP contribution in [0.15, 0.2) is 48.9 Å². The van der Waals surface area contributed by atoms with Crippen LogP contribution in [0.5, 0.6) is 0 Å². The summed E-state index contributed by atoms with van der Waals surface area (Å²) in [6.07, 6.45) is 2.68. The maximum absolute atomic E-state index is 14.0. The van der Waals surface area contributed by atoms with E-state index in [0.717, 1.165) is 24.3 Å². The fraction of sp³-hybridized carbons (Fsp3) is 0.0556. The van der Waals surface area contributed by atoms with Gasteiger partial charge in [-0.05, 0) is 24.3 Å². The maximum atomic E-state index is 14.0. The second-order valence-corrected chi connectivity index (χ2v) is 5.57. The second-order valence-electron chi connectivity index (χ2n) is 5.57. The van der Waals surface area contributed by atoms with Gasteiger partial charge in [0.2, 0.25) is 0 Å². The summed E-state index contributed by atoms with van der Waals surface area (Å²) in [5, 5.41) is 0. The van der Waals surface area contributed by atoms with Gasteiger partial charge in [0.25, 0.3) is 0 Å². The first-order chi connectivity index (χ1) is 12.5. The highest BCUT2D eigenvalue weighted by Gasteiger charge is 2.21. The summed E-state index contributed by atoms with van der Waals surface area (Å²) in [5.74, 6) is -2.99. The molecule has 0 bridgehead atoms. The van der Waals surface area contributed by atoms with Crippen molar-refractivity contribution < 1.29 is 17.6 Å². The summed E-state index contributed by atoms with van der Waals surface area (Å²) < 4.78 is 57.1. The van der Waals surface area contributed by atoms with Gasteiger partial charge in [-0.2, -0.15) is 0 Å². The average Bonchev–Trinajstić information content (AvgIpc) is 3.02. The van der Waals surface area contributed by atoms with Crippen molar-refractivity contribution in [2.24, 2.45) is 0 Å². The van der Waals surface area contributed by atoms with Crippen LogP contribution in [0.4, 0.5) is 17.6 Å². The van der Waals surface area contributed by atoms with E-state index in [1.54, 1.807) is 0 Å². The van der Waals surface area contributed by atoms with Crippen molar-refractivity contribution in [2.45, 2.75) is 6.54 Å². The molecule has 4 nitrogen and oxygen atoms in total. The number of nitrogens with zero attached hydrogens (tertiary/aromatic N) is 4. The van der Waals surface area contributed by atoms with E-state index in [0.29, 0.717) is 0 Å². The number of benzene rings is 2. The molecule has 0 spiro atoms. The van der Waals surface area contributed by atoms with Gasteiger partial charge in [-0.3, -0.25) is 0 Å². The van der Waals surface area contributed by atoms with E-state index >= 15 is 0 Å². The van der Waals surface area contributed by atoms with Crippen molar-refractivity contribution in [1.82, 2.24) is 19.5 Å². The Kier molecular flexibility index (Phi) is 3.87.